The average molecular weight is 262 g/mol. The molecule has 0 fully saturated rings. The summed E-state index contributed by atoms with van der Waals surface area (Å²) < 4.78 is 0.907. The fraction of sp³-hybridized carbons (Fsp3) is 0.182. The molecule has 6 nitrogen and oxygen atoms in total. The SMILES string of the molecule is CC1NC(=O)NN=C1c1ccc2sc(=O)[nH]c2c1. The normalized spacial score (nSPS) is 19.3. The first-order valence-electron chi connectivity index (χ1n) is 5.41. The number of aromatic amines is 1. The number of hydrazone groups is 1. The Bertz CT molecular complexity index is 715. The molecule has 3 rings (SSSR count). The Labute approximate surface area is 106 Å². The second-order valence-corrected chi connectivity index (χ2v) is 5.04. The number of carbonyl (C=O) groups is 1. The van der Waals surface area contributed by atoms with Gasteiger partial charge in [0, 0.05) is 5.56 Å². The highest BCUT2D eigenvalue weighted by atomic mass is 32.1. The summed E-state index contributed by atoms with van der Waals surface area (Å²) in [6.07, 6.45) is 0. The molecule has 0 saturated carbocycles. The lowest BCUT2D eigenvalue weighted by molar-refractivity contribution is 0.239. The lowest BCUT2D eigenvalue weighted by Gasteiger charge is -2.21. The molecule has 0 bridgehead atoms. The maximum absolute atomic E-state index is 11.2. The molecule has 0 aliphatic carbocycles. The highest BCUT2D eigenvalue weighted by molar-refractivity contribution is 7.16. The Morgan fingerprint density at radius 3 is 2.94 bits per heavy atom. The van der Waals surface area contributed by atoms with Crippen molar-refractivity contribution in [1.82, 2.24) is 15.7 Å². The number of nitrogens with zero attached hydrogens (tertiary/aromatic N) is 1. The van der Waals surface area contributed by atoms with Crippen molar-refractivity contribution < 1.29 is 4.79 Å². The van der Waals surface area contributed by atoms with Crippen LogP contribution in [0.25, 0.3) is 10.2 Å². The molecule has 1 atom stereocenters. The van der Waals surface area contributed by atoms with Crippen molar-refractivity contribution in [3.8, 4) is 0 Å². The molecule has 2 aromatic rings. The summed E-state index contributed by atoms with van der Waals surface area (Å²) in [5, 5.41) is 6.77. The minimum absolute atomic E-state index is 0.0767. The van der Waals surface area contributed by atoms with Crippen molar-refractivity contribution in [2.45, 2.75) is 13.0 Å². The largest absolute Gasteiger partial charge is 0.335 e. The number of thiazole rings is 1. The number of hydrogen-bond acceptors (Lipinski definition) is 4. The molecule has 0 radical (unpaired) electrons. The van der Waals surface area contributed by atoms with E-state index in [0.717, 1.165) is 21.5 Å². The molecule has 1 aliphatic heterocycles. The van der Waals surface area contributed by atoms with Gasteiger partial charge in [-0.05, 0) is 19.1 Å². The predicted molar refractivity (Wildman–Crippen MR) is 70.1 cm³/mol. The van der Waals surface area contributed by atoms with Crippen LogP contribution in [0.3, 0.4) is 0 Å². The number of carbonyl (C=O) groups excluding carboxylic acids is 1. The summed E-state index contributed by atoms with van der Waals surface area (Å²) in [4.78, 5) is 25.0. The molecule has 2 amide bonds. The minimum atomic E-state index is -0.309. The van der Waals surface area contributed by atoms with Crippen LogP contribution in [0.2, 0.25) is 0 Å². The first-order valence-corrected chi connectivity index (χ1v) is 6.22. The minimum Gasteiger partial charge on any atom is -0.328 e. The van der Waals surface area contributed by atoms with Crippen LogP contribution in [-0.4, -0.2) is 22.8 Å². The summed E-state index contributed by atoms with van der Waals surface area (Å²) in [5.74, 6) is 0. The number of hydrogen-bond donors (Lipinski definition) is 3. The number of urea groups is 1. The lowest BCUT2D eigenvalue weighted by Crippen LogP contribution is -2.48. The molecule has 1 aromatic heterocycles. The zero-order valence-corrected chi connectivity index (χ0v) is 10.3. The standard InChI is InChI=1S/C11H10N4O2S/c1-5-9(14-15-10(16)12-5)6-2-3-8-7(4-6)13-11(17)18-8/h2-5H,1H3,(H,13,17)(H2,12,15,16). The fourth-order valence-electron chi connectivity index (χ4n) is 1.93. The van der Waals surface area contributed by atoms with Crippen LogP contribution in [0.5, 0.6) is 0 Å². The van der Waals surface area contributed by atoms with Crippen molar-refractivity contribution >= 4 is 33.3 Å². The van der Waals surface area contributed by atoms with Crippen LogP contribution < -0.4 is 15.6 Å². The van der Waals surface area contributed by atoms with E-state index in [1.807, 2.05) is 25.1 Å². The molecule has 3 N–H and O–H groups in total. The number of amides is 2. The smallest absolute Gasteiger partial charge is 0.328 e. The molecular weight excluding hydrogens is 252 g/mol. The molecular formula is C11H10N4O2S. The van der Waals surface area contributed by atoms with Crippen LogP contribution in [0.4, 0.5) is 4.79 Å². The molecule has 7 heteroatoms. The quantitative estimate of drug-likeness (QED) is 0.716. The summed E-state index contributed by atoms with van der Waals surface area (Å²) in [6, 6.07) is 5.15. The Kier molecular flexibility index (Phi) is 2.41. The van der Waals surface area contributed by atoms with Crippen LogP contribution in [0.15, 0.2) is 28.1 Å². The Morgan fingerprint density at radius 1 is 1.33 bits per heavy atom. The molecule has 2 heterocycles. The van der Waals surface area contributed by atoms with Crippen molar-refractivity contribution in [3.63, 3.8) is 0 Å². The summed E-state index contributed by atoms with van der Waals surface area (Å²) in [6.45, 7) is 1.86. The first kappa shape index (κ1) is 11.0. The number of benzene rings is 1. The van der Waals surface area contributed by atoms with Gasteiger partial charge >= 0.3 is 10.9 Å². The van der Waals surface area contributed by atoms with Gasteiger partial charge in [-0.3, -0.25) is 4.79 Å². The molecule has 18 heavy (non-hydrogen) atoms. The van der Waals surface area contributed by atoms with Crippen LogP contribution in [0.1, 0.15) is 12.5 Å². The van der Waals surface area contributed by atoms with E-state index in [1.165, 1.54) is 11.3 Å². The summed E-state index contributed by atoms with van der Waals surface area (Å²) >= 11 is 1.17. The first-order chi connectivity index (χ1) is 8.63. The fourth-order valence-corrected chi connectivity index (χ4v) is 2.65. The molecule has 92 valence electrons. The van der Waals surface area contributed by atoms with Gasteiger partial charge < -0.3 is 10.3 Å². The zero-order chi connectivity index (χ0) is 12.7. The predicted octanol–water partition coefficient (Wildman–Crippen LogP) is 0.995. The topological polar surface area (TPSA) is 86.3 Å². The maximum Gasteiger partial charge on any atom is 0.335 e. The van der Waals surface area contributed by atoms with Gasteiger partial charge in [-0.15, -0.1) is 0 Å². The lowest BCUT2D eigenvalue weighted by atomic mass is 10.0. The third kappa shape index (κ3) is 1.78. The molecule has 1 aromatic carbocycles. The zero-order valence-electron chi connectivity index (χ0n) is 9.48. The van der Waals surface area contributed by atoms with Crippen molar-refractivity contribution in [2.24, 2.45) is 5.10 Å². The third-order valence-electron chi connectivity index (χ3n) is 2.75. The van der Waals surface area contributed by atoms with E-state index in [0.29, 0.717) is 0 Å². The Hall–Kier alpha value is -2.15. The highest BCUT2D eigenvalue weighted by Gasteiger charge is 2.20. The van der Waals surface area contributed by atoms with Crippen LogP contribution in [-0.2, 0) is 0 Å². The number of rotatable bonds is 1. The monoisotopic (exact) mass is 262 g/mol. The number of fused-ring (bicyclic) bond motifs is 1. The van der Waals surface area contributed by atoms with Crippen molar-refractivity contribution in [1.29, 1.82) is 0 Å². The van der Waals surface area contributed by atoms with Gasteiger partial charge in [-0.2, -0.15) is 5.10 Å². The number of nitrogens with one attached hydrogen (secondary N) is 3. The van der Waals surface area contributed by atoms with Crippen LogP contribution in [0, 0.1) is 0 Å². The van der Waals surface area contributed by atoms with Crippen molar-refractivity contribution in [3.05, 3.63) is 33.4 Å². The second-order valence-electron chi connectivity index (χ2n) is 4.03. The van der Waals surface area contributed by atoms with E-state index < -0.39 is 0 Å². The summed E-state index contributed by atoms with van der Waals surface area (Å²) in [5.41, 5.74) is 4.78. The Morgan fingerprint density at radius 2 is 2.17 bits per heavy atom. The summed E-state index contributed by atoms with van der Waals surface area (Å²) in [7, 11) is 0. The molecule has 0 saturated heterocycles. The van der Waals surface area contributed by atoms with Gasteiger partial charge in [-0.25, -0.2) is 10.2 Å². The molecule has 0 spiro atoms. The van der Waals surface area contributed by atoms with E-state index in [4.69, 9.17) is 0 Å². The van der Waals surface area contributed by atoms with Gasteiger partial charge in [0.2, 0.25) is 0 Å². The van der Waals surface area contributed by atoms with E-state index in [9.17, 15) is 9.59 Å². The number of aromatic nitrogens is 1. The average Bonchev–Trinajstić information content (AvgIpc) is 2.68. The van der Waals surface area contributed by atoms with Crippen molar-refractivity contribution in [2.75, 3.05) is 0 Å². The molecule has 1 unspecified atom stereocenters. The second kappa shape index (κ2) is 3.95. The van der Waals surface area contributed by atoms with Gasteiger partial charge in [0.25, 0.3) is 0 Å². The van der Waals surface area contributed by atoms with E-state index in [1.54, 1.807) is 0 Å². The van der Waals surface area contributed by atoms with Gasteiger partial charge in [0.15, 0.2) is 0 Å². The van der Waals surface area contributed by atoms with Crippen LogP contribution >= 0.6 is 11.3 Å². The van der Waals surface area contributed by atoms with E-state index in [-0.39, 0.29) is 16.9 Å². The van der Waals surface area contributed by atoms with Gasteiger partial charge in [-0.1, -0.05) is 17.4 Å². The highest BCUT2D eigenvalue weighted by Crippen LogP contribution is 2.17. The Balaban J connectivity index is 2.08. The van der Waals surface area contributed by atoms with Gasteiger partial charge in [0.05, 0.1) is 22.0 Å². The van der Waals surface area contributed by atoms with Gasteiger partial charge in [0.1, 0.15) is 0 Å². The van der Waals surface area contributed by atoms with E-state index in [2.05, 4.69) is 20.8 Å². The molecule has 1 aliphatic rings. The number of H-pyrrole nitrogens is 1. The maximum atomic E-state index is 11.2. The third-order valence-corrected chi connectivity index (χ3v) is 3.61. The van der Waals surface area contributed by atoms with E-state index >= 15 is 0 Å².